The number of nitro groups is 1. The van der Waals surface area contributed by atoms with Gasteiger partial charge in [-0.2, -0.15) is 0 Å². The summed E-state index contributed by atoms with van der Waals surface area (Å²) in [7, 11) is 0. The molecule has 1 aromatic heterocycles. The van der Waals surface area contributed by atoms with Crippen LogP contribution in [0.4, 0.5) is 5.82 Å². The number of H-pyrrole nitrogens is 1. The second-order valence-corrected chi connectivity index (χ2v) is 5.18. The van der Waals surface area contributed by atoms with E-state index in [9.17, 15) is 19.7 Å². The van der Waals surface area contributed by atoms with Crippen LogP contribution in [0.25, 0.3) is 0 Å². The van der Waals surface area contributed by atoms with E-state index in [1.807, 2.05) is 0 Å². The zero-order valence-corrected chi connectivity index (χ0v) is 12.1. The largest absolute Gasteiger partial charge is 0.358 e. The Kier molecular flexibility index (Phi) is 5.10. The molecule has 2 amide bonds. The number of hydrogen-bond acceptors (Lipinski definition) is 5. The molecule has 0 bridgehead atoms. The minimum absolute atomic E-state index is 0.111. The number of rotatable bonds is 5. The van der Waals surface area contributed by atoms with E-state index in [1.165, 1.54) is 12.1 Å². The molecule has 1 aliphatic rings. The Morgan fingerprint density at radius 2 is 2.27 bits per heavy atom. The van der Waals surface area contributed by atoms with E-state index in [4.69, 9.17) is 5.73 Å². The molecule has 0 aliphatic carbocycles. The molecule has 1 unspecified atom stereocenters. The summed E-state index contributed by atoms with van der Waals surface area (Å²) in [6, 6.07) is 2.64. The lowest BCUT2D eigenvalue weighted by Gasteiger charge is -2.31. The quantitative estimate of drug-likeness (QED) is 0.513. The van der Waals surface area contributed by atoms with Crippen LogP contribution in [0, 0.1) is 16.0 Å². The van der Waals surface area contributed by atoms with Crippen molar-refractivity contribution >= 4 is 17.6 Å². The van der Waals surface area contributed by atoms with Gasteiger partial charge in [0.2, 0.25) is 5.91 Å². The van der Waals surface area contributed by atoms with Gasteiger partial charge in [0, 0.05) is 32.2 Å². The van der Waals surface area contributed by atoms with Crippen molar-refractivity contribution in [3.05, 3.63) is 27.9 Å². The summed E-state index contributed by atoms with van der Waals surface area (Å²) in [5, 5.41) is 13.4. The van der Waals surface area contributed by atoms with Crippen molar-refractivity contribution in [3.63, 3.8) is 0 Å². The van der Waals surface area contributed by atoms with Crippen molar-refractivity contribution < 1.29 is 14.5 Å². The lowest BCUT2D eigenvalue weighted by Crippen LogP contribution is -2.46. The number of aromatic amines is 1. The molecule has 1 fully saturated rings. The summed E-state index contributed by atoms with van der Waals surface area (Å²) in [5.74, 6) is -0.934. The smallest absolute Gasteiger partial charge is 0.321 e. The molecule has 1 aliphatic heterocycles. The molecule has 22 heavy (non-hydrogen) atoms. The first-order valence-corrected chi connectivity index (χ1v) is 7.13. The number of piperidine rings is 1. The molecule has 0 aromatic carbocycles. The fourth-order valence-corrected chi connectivity index (χ4v) is 2.50. The Morgan fingerprint density at radius 3 is 2.91 bits per heavy atom. The van der Waals surface area contributed by atoms with Crippen LogP contribution >= 0.6 is 0 Å². The average molecular weight is 309 g/mol. The minimum Gasteiger partial charge on any atom is -0.358 e. The van der Waals surface area contributed by atoms with Gasteiger partial charge >= 0.3 is 5.82 Å². The Bertz CT molecular complexity index is 571. The highest BCUT2D eigenvalue weighted by Crippen LogP contribution is 2.19. The topological polar surface area (TPSA) is 134 Å². The predicted octanol–water partition coefficient (Wildman–Crippen LogP) is -0.150. The van der Waals surface area contributed by atoms with Crippen molar-refractivity contribution in [1.82, 2.24) is 15.2 Å². The van der Waals surface area contributed by atoms with Gasteiger partial charge in [0.15, 0.2) is 5.69 Å². The first kappa shape index (κ1) is 16.0. The lowest BCUT2D eigenvalue weighted by molar-refractivity contribution is -0.389. The van der Waals surface area contributed by atoms with E-state index in [-0.39, 0.29) is 29.2 Å². The maximum atomic E-state index is 12.3. The fraction of sp³-hybridized carbons (Fsp3) is 0.538. The van der Waals surface area contributed by atoms with Crippen LogP contribution in [-0.4, -0.2) is 52.8 Å². The maximum absolute atomic E-state index is 12.3. The molecule has 0 saturated carbocycles. The monoisotopic (exact) mass is 309 g/mol. The third-order valence-electron chi connectivity index (χ3n) is 3.62. The minimum atomic E-state index is -0.587. The van der Waals surface area contributed by atoms with E-state index < -0.39 is 4.92 Å². The third kappa shape index (κ3) is 3.61. The van der Waals surface area contributed by atoms with Crippen LogP contribution in [0.2, 0.25) is 0 Å². The van der Waals surface area contributed by atoms with Crippen LogP contribution in [0.15, 0.2) is 12.1 Å². The molecule has 4 N–H and O–H groups in total. The summed E-state index contributed by atoms with van der Waals surface area (Å²) >= 11 is 0. The van der Waals surface area contributed by atoms with Gasteiger partial charge in [0.25, 0.3) is 5.91 Å². The molecule has 1 atom stereocenters. The predicted molar refractivity (Wildman–Crippen MR) is 78.1 cm³/mol. The molecular weight excluding hydrogens is 290 g/mol. The van der Waals surface area contributed by atoms with Gasteiger partial charge < -0.3 is 26.1 Å². The number of nitrogens with zero attached hydrogens (tertiary/aromatic N) is 2. The molecular formula is C13H19N5O4. The van der Waals surface area contributed by atoms with Crippen molar-refractivity contribution in [1.29, 1.82) is 0 Å². The van der Waals surface area contributed by atoms with Crippen LogP contribution in [0.3, 0.4) is 0 Å². The van der Waals surface area contributed by atoms with Crippen molar-refractivity contribution in [3.8, 4) is 0 Å². The molecule has 2 rings (SSSR count). The van der Waals surface area contributed by atoms with E-state index in [0.29, 0.717) is 32.6 Å². The average Bonchev–Trinajstić information content (AvgIpc) is 3.02. The van der Waals surface area contributed by atoms with Gasteiger partial charge in [-0.25, -0.2) is 4.98 Å². The molecule has 1 aromatic rings. The Hall–Kier alpha value is -2.42. The highest BCUT2D eigenvalue weighted by molar-refractivity contribution is 5.93. The number of carbonyl (C=O) groups is 2. The van der Waals surface area contributed by atoms with Gasteiger partial charge in [-0.1, -0.05) is 0 Å². The SMILES string of the molecule is NCCNC(=O)C1CCCN(C(=O)c2ccc([N+](=O)[O-])[nH]2)C1. The van der Waals surface area contributed by atoms with Crippen LogP contribution < -0.4 is 11.1 Å². The molecule has 2 heterocycles. The molecule has 120 valence electrons. The van der Waals surface area contributed by atoms with E-state index in [2.05, 4.69) is 10.3 Å². The Labute approximate surface area is 127 Å². The number of nitrogens with two attached hydrogens (primary N) is 1. The van der Waals surface area contributed by atoms with Crippen molar-refractivity contribution in [2.45, 2.75) is 12.8 Å². The van der Waals surface area contributed by atoms with E-state index in [1.54, 1.807) is 4.90 Å². The number of hydrogen-bond donors (Lipinski definition) is 3. The lowest BCUT2D eigenvalue weighted by atomic mass is 9.97. The van der Waals surface area contributed by atoms with E-state index >= 15 is 0 Å². The summed E-state index contributed by atoms with van der Waals surface area (Å²) in [4.78, 5) is 38.4. The van der Waals surface area contributed by atoms with Gasteiger partial charge in [0.1, 0.15) is 0 Å². The molecule has 9 nitrogen and oxygen atoms in total. The van der Waals surface area contributed by atoms with Gasteiger partial charge in [0.05, 0.1) is 5.92 Å². The van der Waals surface area contributed by atoms with Crippen molar-refractivity contribution in [2.24, 2.45) is 11.7 Å². The number of aromatic nitrogens is 1. The summed E-state index contributed by atoms with van der Waals surface area (Å²) in [6.45, 7) is 1.62. The van der Waals surface area contributed by atoms with Crippen LogP contribution in [0.1, 0.15) is 23.3 Å². The number of nitrogens with one attached hydrogen (secondary N) is 2. The maximum Gasteiger partial charge on any atom is 0.321 e. The first-order chi connectivity index (χ1) is 10.5. The zero-order valence-electron chi connectivity index (χ0n) is 12.1. The molecule has 0 radical (unpaired) electrons. The van der Waals surface area contributed by atoms with E-state index in [0.717, 1.165) is 6.42 Å². The van der Waals surface area contributed by atoms with Gasteiger partial charge in [-0.15, -0.1) is 0 Å². The summed E-state index contributed by atoms with van der Waals surface area (Å²) < 4.78 is 0. The van der Waals surface area contributed by atoms with Crippen molar-refractivity contribution in [2.75, 3.05) is 26.2 Å². The highest BCUT2D eigenvalue weighted by Gasteiger charge is 2.30. The molecule has 9 heteroatoms. The Morgan fingerprint density at radius 1 is 1.50 bits per heavy atom. The summed E-state index contributed by atoms with van der Waals surface area (Å²) in [5.41, 5.74) is 5.51. The van der Waals surface area contributed by atoms with Crippen LogP contribution in [-0.2, 0) is 4.79 Å². The number of amides is 2. The number of carbonyl (C=O) groups excluding carboxylic acids is 2. The second kappa shape index (κ2) is 7.03. The van der Waals surface area contributed by atoms with Gasteiger partial charge in [-0.3, -0.25) is 9.59 Å². The third-order valence-corrected chi connectivity index (χ3v) is 3.62. The standard InChI is InChI=1S/C13H19N5O4/c14-5-6-15-12(19)9-2-1-7-17(8-9)13(20)10-3-4-11(16-10)18(21)22/h3-4,9,16H,1-2,5-8,14H2,(H,15,19). The first-order valence-electron chi connectivity index (χ1n) is 7.13. The van der Waals surface area contributed by atoms with Crippen LogP contribution in [0.5, 0.6) is 0 Å². The zero-order chi connectivity index (χ0) is 16.1. The molecule has 1 saturated heterocycles. The van der Waals surface area contributed by atoms with Gasteiger partial charge in [-0.05, 0) is 23.8 Å². The fourth-order valence-electron chi connectivity index (χ4n) is 2.50. The second-order valence-electron chi connectivity index (χ2n) is 5.18. The highest BCUT2D eigenvalue weighted by atomic mass is 16.6. The summed E-state index contributed by atoms with van der Waals surface area (Å²) in [6.07, 6.45) is 1.43. The Balaban J connectivity index is 2.00. The number of likely N-dealkylation sites (tertiary alicyclic amines) is 1. The molecule has 0 spiro atoms. The normalized spacial score (nSPS) is 18.0.